The summed E-state index contributed by atoms with van der Waals surface area (Å²) in [6, 6.07) is 0. The topological polar surface area (TPSA) is 90.2 Å². The van der Waals surface area contributed by atoms with E-state index < -0.39 is 0 Å². The summed E-state index contributed by atoms with van der Waals surface area (Å²) in [6.07, 6.45) is 5.37. The van der Waals surface area contributed by atoms with Crippen LogP contribution in [-0.4, -0.2) is 34.5 Å². The third-order valence-corrected chi connectivity index (χ3v) is 9.47. The molecule has 40 heavy (non-hydrogen) atoms. The minimum atomic E-state index is 0.530. The van der Waals surface area contributed by atoms with Crippen molar-refractivity contribution in [2.75, 3.05) is 0 Å². The number of rotatable bonds is 5. The first kappa shape index (κ1) is 36.0. The van der Waals surface area contributed by atoms with Gasteiger partial charge in [-0.1, -0.05) is 69.2 Å². The van der Waals surface area contributed by atoms with Gasteiger partial charge in [0.2, 0.25) is 0 Å². The molecule has 0 radical (unpaired) electrons. The van der Waals surface area contributed by atoms with Gasteiger partial charge < -0.3 is 0 Å². The van der Waals surface area contributed by atoms with E-state index in [0.717, 1.165) is 10.0 Å². The van der Waals surface area contributed by atoms with E-state index in [1.54, 1.807) is 57.2 Å². The Bertz CT molecular complexity index is 944. The third-order valence-electron chi connectivity index (χ3n) is 4.75. The maximum Gasteiger partial charge on any atom is 0.129 e. The number of aromatic nitrogens is 7. The average molecular weight is 638 g/mol. The Labute approximate surface area is 260 Å². The van der Waals surface area contributed by atoms with Gasteiger partial charge in [-0.2, -0.15) is 4.37 Å². The summed E-state index contributed by atoms with van der Waals surface area (Å²) in [6.45, 7) is 21.4. The fraction of sp³-hybridized carbons (Fsp3) is 0.536. The normalized spacial score (nSPS) is 10.4. The summed E-state index contributed by atoms with van der Waals surface area (Å²) in [7, 11) is 0. The second-order valence-corrected chi connectivity index (χ2v) is 14.3. The monoisotopic (exact) mass is 637 g/mol. The van der Waals surface area contributed by atoms with Gasteiger partial charge in [-0.05, 0) is 23.4 Å². The zero-order valence-corrected chi connectivity index (χ0v) is 29.3. The van der Waals surface area contributed by atoms with Crippen LogP contribution in [0.5, 0.6) is 0 Å². The van der Waals surface area contributed by atoms with Crippen molar-refractivity contribution in [2.24, 2.45) is 0 Å². The van der Waals surface area contributed by atoms with Gasteiger partial charge in [-0.15, -0.1) is 55.5 Å². The minimum Gasteiger partial charge on any atom is -0.253 e. The summed E-state index contributed by atoms with van der Waals surface area (Å²) >= 11 is 8.18. The Morgan fingerprint density at radius 2 is 1.32 bits per heavy atom. The lowest BCUT2D eigenvalue weighted by molar-refractivity contribution is 0.825. The highest BCUT2D eigenvalue weighted by atomic mass is 32.1. The van der Waals surface area contributed by atoms with Gasteiger partial charge in [0.1, 0.15) is 21.9 Å². The predicted octanol–water partition coefficient (Wildman–Crippen LogP) is 10.1. The molecule has 0 saturated heterocycles. The average Bonchev–Trinajstić information content (AvgIpc) is 3.74. The van der Waals surface area contributed by atoms with Crippen molar-refractivity contribution in [3.8, 4) is 0 Å². The summed E-state index contributed by atoms with van der Waals surface area (Å²) < 4.78 is 3.87. The molecule has 12 heteroatoms. The second kappa shape index (κ2) is 20.8. The Morgan fingerprint density at radius 3 is 1.57 bits per heavy atom. The fourth-order valence-electron chi connectivity index (χ4n) is 2.41. The summed E-state index contributed by atoms with van der Waals surface area (Å²) in [5, 5.41) is 15.2. The molecule has 5 rings (SSSR count). The molecule has 0 amide bonds. The van der Waals surface area contributed by atoms with Crippen molar-refractivity contribution in [2.45, 2.75) is 98.8 Å². The molecule has 5 aromatic rings. The second-order valence-electron chi connectivity index (χ2n) is 10.0. The van der Waals surface area contributed by atoms with Gasteiger partial charge in [0.15, 0.2) is 0 Å². The molecule has 0 N–H and O–H groups in total. The molecule has 5 aromatic heterocycles. The van der Waals surface area contributed by atoms with Gasteiger partial charge in [0.05, 0.1) is 21.7 Å². The van der Waals surface area contributed by atoms with Crippen LogP contribution in [0.25, 0.3) is 0 Å². The Hall–Kier alpha value is -1.99. The van der Waals surface area contributed by atoms with Crippen molar-refractivity contribution >= 4 is 56.9 Å². The van der Waals surface area contributed by atoms with Crippen molar-refractivity contribution < 1.29 is 0 Å². The van der Waals surface area contributed by atoms with E-state index in [-0.39, 0.29) is 0 Å². The molecule has 0 aliphatic heterocycles. The molecule has 5 heterocycles. The van der Waals surface area contributed by atoms with Crippen molar-refractivity contribution in [3.05, 3.63) is 71.6 Å². The lowest BCUT2D eigenvalue weighted by Gasteiger charge is -1.94. The largest absolute Gasteiger partial charge is 0.253 e. The first-order valence-electron chi connectivity index (χ1n) is 13.2. The molecule has 0 unspecified atom stereocenters. The Balaban J connectivity index is 0.000000250. The summed E-state index contributed by atoms with van der Waals surface area (Å²) in [5.41, 5.74) is 6.70. The van der Waals surface area contributed by atoms with Gasteiger partial charge >= 0.3 is 0 Å². The highest BCUT2D eigenvalue weighted by Crippen LogP contribution is 2.17. The highest BCUT2D eigenvalue weighted by molar-refractivity contribution is 7.10. The van der Waals surface area contributed by atoms with Crippen LogP contribution in [0.4, 0.5) is 0 Å². The molecule has 0 saturated carbocycles. The van der Waals surface area contributed by atoms with E-state index in [4.69, 9.17) is 0 Å². The van der Waals surface area contributed by atoms with E-state index >= 15 is 0 Å². The summed E-state index contributed by atoms with van der Waals surface area (Å²) in [5.74, 6) is 2.88. The Morgan fingerprint density at radius 1 is 0.625 bits per heavy atom. The molecule has 0 aliphatic rings. The molecule has 0 spiro atoms. The van der Waals surface area contributed by atoms with Crippen LogP contribution in [0, 0.1) is 0 Å². The van der Waals surface area contributed by atoms with Crippen LogP contribution < -0.4 is 0 Å². The molecule has 0 bridgehead atoms. The van der Waals surface area contributed by atoms with Crippen molar-refractivity contribution in [1.29, 1.82) is 0 Å². The smallest absolute Gasteiger partial charge is 0.129 e. The summed E-state index contributed by atoms with van der Waals surface area (Å²) in [4.78, 5) is 17.6. The zero-order valence-electron chi connectivity index (χ0n) is 25.2. The highest BCUT2D eigenvalue weighted by Gasteiger charge is 2.01. The number of nitrogens with zero attached hydrogens (tertiary/aromatic N) is 7. The van der Waals surface area contributed by atoms with Gasteiger partial charge in [0, 0.05) is 45.8 Å². The standard InChI is InChI=1S/3C6H9NS.2C5H8N2S/c1-5(2)6-3-8-4-7-6;1-5(2)6-3-7-4-8-6;1-5(2)6-7-3-4-8-6;1-4(2)5-7-6-3-8-5;1-4(2)5-6-3-7-8-5/h3*3-5H,1-2H3;2*3-4H,1-2H3. The molecule has 7 nitrogen and oxygen atoms in total. The van der Waals surface area contributed by atoms with E-state index in [1.165, 1.54) is 27.1 Å². The van der Waals surface area contributed by atoms with Crippen LogP contribution >= 0.6 is 56.9 Å². The van der Waals surface area contributed by atoms with Crippen molar-refractivity contribution in [3.63, 3.8) is 0 Å². The lowest BCUT2D eigenvalue weighted by atomic mass is 10.2. The van der Waals surface area contributed by atoms with Gasteiger partial charge in [-0.25, -0.2) is 15.0 Å². The maximum atomic E-state index is 4.13. The van der Waals surface area contributed by atoms with Gasteiger partial charge in [0.25, 0.3) is 0 Å². The van der Waals surface area contributed by atoms with E-state index in [0.29, 0.717) is 29.6 Å². The molecule has 0 aliphatic carbocycles. The Kier molecular flexibility index (Phi) is 18.8. The van der Waals surface area contributed by atoms with Crippen molar-refractivity contribution in [1.82, 2.24) is 34.5 Å². The quantitative estimate of drug-likeness (QED) is 0.189. The maximum absolute atomic E-state index is 4.13. The van der Waals surface area contributed by atoms with E-state index in [2.05, 4.69) is 109 Å². The predicted molar refractivity (Wildman–Crippen MR) is 177 cm³/mol. The number of thiazole rings is 3. The molecular weight excluding hydrogens is 595 g/mol. The molecule has 0 atom stereocenters. The molecule has 220 valence electrons. The first-order chi connectivity index (χ1) is 19.0. The lowest BCUT2D eigenvalue weighted by Crippen LogP contribution is -1.83. The van der Waals surface area contributed by atoms with Crippen LogP contribution in [0.3, 0.4) is 0 Å². The SMILES string of the molecule is CC(C)c1cncs1.CC(C)c1cscn1.CC(C)c1nccs1.CC(C)c1ncns1.CC(C)c1nncs1. The van der Waals surface area contributed by atoms with Crippen LogP contribution in [0.2, 0.25) is 0 Å². The first-order valence-corrected chi connectivity index (χ1v) is 17.6. The van der Waals surface area contributed by atoms with Crippen LogP contribution in [0.15, 0.2) is 46.0 Å². The van der Waals surface area contributed by atoms with Crippen LogP contribution in [0.1, 0.15) is 124 Å². The van der Waals surface area contributed by atoms with Crippen LogP contribution in [-0.2, 0) is 0 Å². The fourth-order valence-corrected chi connectivity index (χ4v) is 5.49. The van der Waals surface area contributed by atoms with Gasteiger partial charge in [-0.3, -0.25) is 4.98 Å². The number of hydrogen-bond donors (Lipinski definition) is 0. The molecule has 0 aromatic carbocycles. The molecule has 0 fully saturated rings. The van der Waals surface area contributed by atoms with E-state index in [1.807, 2.05) is 28.8 Å². The minimum absolute atomic E-state index is 0.530. The number of hydrogen-bond acceptors (Lipinski definition) is 12. The molecular formula is C28H43N7S5. The third kappa shape index (κ3) is 15.7. The zero-order chi connectivity index (χ0) is 29.9. The van der Waals surface area contributed by atoms with E-state index in [9.17, 15) is 0 Å².